The van der Waals surface area contributed by atoms with E-state index in [0.717, 1.165) is 45.4 Å². The Balaban J connectivity index is 1.87. The summed E-state index contributed by atoms with van der Waals surface area (Å²) in [5.41, 5.74) is 4.33. The lowest BCUT2D eigenvalue weighted by Gasteiger charge is -2.38. The third-order valence-electron chi connectivity index (χ3n) is 5.34. The average Bonchev–Trinajstić information content (AvgIpc) is 2.64. The summed E-state index contributed by atoms with van der Waals surface area (Å²) in [5.74, 6) is -0.0275. The van der Waals surface area contributed by atoms with E-state index in [0.29, 0.717) is 11.4 Å². The summed E-state index contributed by atoms with van der Waals surface area (Å²) in [6, 6.07) is 13.5. The third kappa shape index (κ3) is 3.37. The monoisotopic (exact) mass is 443 g/mol. The molecule has 0 bridgehead atoms. The van der Waals surface area contributed by atoms with Gasteiger partial charge < -0.3 is 0 Å². The summed E-state index contributed by atoms with van der Waals surface area (Å²) in [5, 5.41) is 0.624. The highest BCUT2D eigenvalue weighted by atomic mass is 79.9. The largest absolute Gasteiger partial charge is 0.294 e. The predicted octanol–water partition coefficient (Wildman–Crippen LogP) is 5.94. The number of Topliss-reactive ketones (excluding diaryl/α,β-unsaturated/α-hetero) is 1. The summed E-state index contributed by atoms with van der Waals surface area (Å²) < 4.78 is 0.950. The summed E-state index contributed by atoms with van der Waals surface area (Å²) in [7, 11) is 0. The van der Waals surface area contributed by atoms with E-state index in [4.69, 9.17) is 11.6 Å². The van der Waals surface area contributed by atoms with Gasteiger partial charge in [-0.1, -0.05) is 45.7 Å². The molecule has 2 aromatic carbocycles. The second-order valence-corrected chi connectivity index (χ2v) is 8.43. The van der Waals surface area contributed by atoms with Gasteiger partial charge in [-0.15, -0.1) is 0 Å². The first-order chi connectivity index (χ1) is 13.0. The maximum Gasteiger partial charge on any atom is 0.232 e. The van der Waals surface area contributed by atoms with Gasteiger partial charge in [-0.2, -0.15) is 0 Å². The number of amides is 1. The Morgan fingerprint density at radius 3 is 2.67 bits per heavy atom. The van der Waals surface area contributed by atoms with E-state index in [1.807, 2.05) is 49.4 Å². The van der Waals surface area contributed by atoms with Crippen molar-refractivity contribution in [1.82, 2.24) is 0 Å². The maximum atomic E-state index is 13.1. The quantitative estimate of drug-likeness (QED) is 0.575. The molecule has 0 aromatic heterocycles. The first-order valence-corrected chi connectivity index (χ1v) is 10.2. The minimum atomic E-state index is -0.185. The Kier molecular flexibility index (Phi) is 4.95. The molecule has 1 amide bonds. The van der Waals surface area contributed by atoms with Gasteiger partial charge in [0, 0.05) is 39.5 Å². The topological polar surface area (TPSA) is 37.4 Å². The minimum absolute atomic E-state index is 0.00773. The van der Waals surface area contributed by atoms with Crippen LogP contribution in [-0.2, 0) is 9.59 Å². The van der Waals surface area contributed by atoms with Gasteiger partial charge in [-0.25, -0.2) is 0 Å². The third-order valence-corrected chi connectivity index (χ3v) is 6.24. The van der Waals surface area contributed by atoms with E-state index in [2.05, 4.69) is 15.9 Å². The molecule has 4 rings (SSSR count). The first kappa shape index (κ1) is 18.5. The van der Waals surface area contributed by atoms with Crippen molar-refractivity contribution in [2.45, 2.75) is 38.5 Å². The maximum absolute atomic E-state index is 13.1. The number of carbonyl (C=O) groups excluding carboxylic acids is 2. The summed E-state index contributed by atoms with van der Waals surface area (Å²) in [4.78, 5) is 27.7. The van der Waals surface area contributed by atoms with Crippen LogP contribution in [0.1, 0.15) is 42.7 Å². The van der Waals surface area contributed by atoms with Crippen LogP contribution < -0.4 is 4.90 Å². The number of halogens is 2. The number of hydrogen-bond acceptors (Lipinski definition) is 2. The molecule has 2 aromatic rings. The second kappa shape index (κ2) is 7.25. The van der Waals surface area contributed by atoms with Crippen LogP contribution in [0.5, 0.6) is 0 Å². The number of carbonyl (C=O) groups is 2. The molecule has 0 saturated carbocycles. The molecule has 27 heavy (non-hydrogen) atoms. The Hall–Kier alpha value is -1.91. The van der Waals surface area contributed by atoms with E-state index in [1.54, 1.807) is 4.90 Å². The SMILES string of the molecule is Cc1ccc(N2C(=O)CC(c3cccc(Br)c3)C3=C2CCCC3=O)cc1Cl. The van der Waals surface area contributed by atoms with Crippen LogP contribution in [0.2, 0.25) is 5.02 Å². The van der Waals surface area contributed by atoms with Crippen LogP contribution in [0.15, 0.2) is 58.2 Å². The van der Waals surface area contributed by atoms with Crippen molar-refractivity contribution < 1.29 is 9.59 Å². The molecule has 5 heteroatoms. The minimum Gasteiger partial charge on any atom is -0.294 e. The van der Waals surface area contributed by atoms with Gasteiger partial charge >= 0.3 is 0 Å². The molecular formula is C22H19BrClNO2. The number of hydrogen-bond donors (Lipinski definition) is 0. The van der Waals surface area contributed by atoms with Gasteiger partial charge in [0.25, 0.3) is 0 Å². The van der Waals surface area contributed by atoms with Crippen molar-refractivity contribution in [3.8, 4) is 0 Å². The lowest BCUT2D eigenvalue weighted by molar-refractivity contribution is -0.119. The molecule has 1 aliphatic heterocycles. The van der Waals surface area contributed by atoms with Gasteiger partial charge in [0.05, 0.1) is 5.69 Å². The zero-order chi connectivity index (χ0) is 19.1. The molecule has 0 spiro atoms. The summed E-state index contributed by atoms with van der Waals surface area (Å²) >= 11 is 9.80. The zero-order valence-corrected chi connectivity index (χ0v) is 17.3. The summed E-state index contributed by atoms with van der Waals surface area (Å²) in [6.45, 7) is 1.93. The van der Waals surface area contributed by atoms with E-state index in [-0.39, 0.29) is 24.0 Å². The van der Waals surface area contributed by atoms with Crippen LogP contribution in [-0.4, -0.2) is 11.7 Å². The number of anilines is 1. The van der Waals surface area contributed by atoms with E-state index in [1.165, 1.54) is 0 Å². The standard InChI is InChI=1S/C22H19BrClNO2/c1-13-8-9-16(11-18(13)24)25-19-6-3-7-20(26)22(19)17(12-21(25)27)14-4-2-5-15(23)10-14/h2,4-5,8-11,17H,3,6-7,12H2,1H3. The zero-order valence-electron chi connectivity index (χ0n) is 15.0. The van der Waals surface area contributed by atoms with Gasteiger partial charge in [-0.3, -0.25) is 14.5 Å². The Morgan fingerprint density at radius 1 is 1.11 bits per heavy atom. The van der Waals surface area contributed by atoms with Crippen molar-refractivity contribution in [1.29, 1.82) is 0 Å². The number of rotatable bonds is 2. The molecule has 1 aliphatic carbocycles. The average molecular weight is 445 g/mol. The second-order valence-electron chi connectivity index (χ2n) is 7.11. The van der Waals surface area contributed by atoms with E-state index < -0.39 is 0 Å². The molecule has 1 atom stereocenters. The number of nitrogens with zero attached hydrogens (tertiary/aromatic N) is 1. The molecular weight excluding hydrogens is 426 g/mol. The smallest absolute Gasteiger partial charge is 0.232 e. The van der Waals surface area contributed by atoms with Crippen molar-refractivity contribution in [2.24, 2.45) is 0 Å². The highest BCUT2D eigenvalue weighted by molar-refractivity contribution is 9.10. The van der Waals surface area contributed by atoms with Crippen LogP contribution in [0, 0.1) is 6.92 Å². The van der Waals surface area contributed by atoms with Crippen LogP contribution >= 0.6 is 27.5 Å². The fourth-order valence-electron chi connectivity index (χ4n) is 4.02. The molecule has 0 N–H and O–H groups in total. The van der Waals surface area contributed by atoms with E-state index in [9.17, 15) is 9.59 Å². The van der Waals surface area contributed by atoms with Crippen molar-refractivity contribution in [2.75, 3.05) is 4.90 Å². The Labute approximate surface area is 172 Å². The predicted molar refractivity (Wildman–Crippen MR) is 111 cm³/mol. The fraction of sp³-hybridized carbons (Fsp3) is 0.273. The molecule has 3 nitrogen and oxygen atoms in total. The molecule has 0 radical (unpaired) electrons. The molecule has 2 aliphatic rings. The Bertz CT molecular complexity index is 982. The number of aryl methyl sites for hydroxylation is 1. The molecule has 1 heterocycles. The normalized spacial score (nSPS) is 20.1. The highest BCUT2D eigenvalue weighted by Gasteiger charge is 2.39. The Morgan fingerprint density at radius 2 is 1.93 bits per heavy atom. The molecule has 138 valence electrons. The van der Waals surface area contributed by atoms with Gasteiger partial charge in [0.1, 0.15) is 0 Å². The van der Waals surface area contributed by atoms with Crippen LogP contribution in [0.4, 0.5) is 5.69 Å². The lowest BCUT2D eigenvalue weighted by Crippen LogP contribution is -2.40. The fourth-order valence-corrected chi connectivity index (χ4v) is 4.61. The molecule has 0 fully saturated rings. The van der Waals surface area contributed by atoms with Gasteiger partial charge in [0.2, 0.25) is 5.91 Å². The van der Waals surface area contributed by atoms with Crippen molar-refractivity contribution in [3.63, 3.8) is 0 Å². The van der Waals surface area contributed by atoms with Gasteiger partial charge in [-0.05, 0) is 55.2 Å². The molecule has 1 unspecified atom stereocenters. The highest BCUT2D eigenvalue weighted by Crippen LogP contribution is 2.44. The number of allylic oxidation sites excluding steroid dienone is 2. The first-order valence-electron chi connectivity index (χ1n) is 9.06. The lowest BCUT2D eigenvalue weighted by atomic mass is 9.77. The van der Waals surface area contributed by atoms with Crippen LogP contribution in [0.3, 0.4) is 0 Å². The van der Waals surface area contributed by atoms with Gasteiger partial charge in [0.15, 0.2) is 5.78 Å². The van der Waals surface area contributed by atoms with E-state index >= 15 is 0 Å². The van der Waals surface area contributed by atoms with Crippen molar-refractivity contribution >= 4 is 44.9 Å². The van der Waals surface area contributed by atoms with Crippen molar-refractivity contribution in [3.05, 3.63) is 74.4 Å². The van der Waals surface area contributed by atoms with Crippen LogP contribution in [0.25, 0.3) is 0 Å². The number of ketones is 1. The number of benzene rings is 2. The summed E-state index contributed by atoms with van der Waals surface area (Å²) in [6.07, 6.45) is 2.32. The molecule has 0 saturated heterocycles.